The van der Waals surface area contributed by atoms with Gasteiger partial charge in [-0.2, -0.15) is 18.3 Å². The van der Waals surface area contributed by atoms with Crippen LogP contribution >= 0.6 is 0 Å². The maximum Gasteiger partial charge on any atom is 0.417 e. The Morgan fingerprint density at radius 3 is 2.61 bits per heavy atom. The third-order valence-electron chi connectivity index (χ3n) is 6.35. The predicted octanol–water partition coefficient (Wildman–Crippen LogP) is 5.44. The van der Waals surface area contributed by atoms with Gasteiger partial charge in [0.1, 0.15) is 22.5 Å². The number of aromatic nitrogens is 3. The molecule has 5 nitrogen and oxygen atoms in total. The average molecular weight is 430 g/mol. The molecule has 0 bridgehead atoms. The van der Waals surface area contributed by atoms with E-state index in [0.29, 0.717) is 18.0 Å². The summed E-state index contributed by atoms with van der Waals surface area (Å²) in [5.41, 5.74) is 2.72. The van der Waals surface area contributed by atoms with Crippen molar-refractivity contribution >= 4 is 16.7 Å². The molecule has 1 saturated carbocycles. The Morgan fingerprint density at radius 1 is 1.19 bits per heavy atom. The first kappa shape index (κ1) is 20.2. The standard InChI is InChI=1S/C23H25F3N4O/c1-4-15-12-30-22-19(29(15)11-14-5-6-14)9-13(2)27-21(22)20(28-30)17-8-7-16(31-3)10-18(17)23(24,25)26/h7-10,14-15H,4-6,11-12H2,1-3H3/t15-/m0/s1. The first-order valence-electron chi connectivity index (χ1n) is 10.7. The van der Waals surface area contributed by atoms with Crippen LogP contribution in [0.2, 0.25) is 0 Å². The van der Waals surface area contributed by atoms with Crippen LogP contribution < -0.4 is 9.64 Å². The van der Waals surface area contributed by atoms with Crippen molar-refractivity contribution in [2.45, 2.75) is 51.9 Å². The summed E-state index contributed by atoms with van der Waals surface area (Å²) in [7, 11) is 1.36. The lowest BCUT2D eigenvalue weighted by Crippen LogP contribution is -2.42. The molecular weight excluding hydrogens is 405 g/mol. The number of ether oxygens (including phenoxy) is 1. The fourth-order valence-electron chi connectivity index (χ4n) is 4.58. The molecule has 0 saturated heterocycles. The Balaban J connectivity index is 1.74. The van der Waals surface area contributed by atoms with E-state index in [-0.39, 0.29) is 23.0 Å². The van der Waals surface area contributed by atoms with Crippen LogP contribution in [0, 0.1) is 12.8 Å². The number of methoxy groups -OCH3 is 1. The zero-order chi connectivity index (χ0) is 21.9. The first-order chi connectivity index (χ1) is 14.8. The number of halogens is 3. The highest BCUT2D eigenvalue weighted by Crippen LogP contribution is 2.44. The number of anilines is 1. The molecule has 0 spiro atoms. The van der Waals surface area contributed by atoms with Crippen molar-refractivity contribution < 1.29 is 17.9 Å². The van der Waals surface area contributed by atoms with E-state index in [0.717, 1.165) is 35.9 Å². The highest BCUT2D eigenvalue weighted by atomic mass is 19.4. The molecule has 164 valence electrons. The lowest BCUT2D eigenvalue weighted by molar-refractivity contribution is -0.137. The lowest BCUT2D eigenvalue weighted by Gasteiger charge is -2.37. The molecule has 31 heavy (non-hydrogen) atoms. The minimum absolute atomic E-state index is 0.0322. The zero-order valence-corrected chi connectivity index (χ0v) is 17.8. The Bertz CT molecular complexity index is 1150. The number of pyridine rings is 1. The van der Waals surface area contributed by atoms with Crippen molar-refractivity contribution in [3.63, 3.8) is 0 Å². The maximum atomic E-state index is 13.9. The second-order valence-corrected chi connectivity index (χ2v) is 8.58. The van der Waals surface area contributed by atoms with E-state index in [9.17, 15) is 13.2 Å². The third kappa shape index (κ3) is 3.42. The topological polar surface area (TPSA) is 43.2 Å². The van der Waals surface area contributed by atoms with Gasteiger partial charge in [-0.15, -0.1) is 0 Å². The molecule has 8 heteroatoms. The quantitative estimate of drug-likeness (QED) is 0.540. The molecule has 1 aliphatic carbocycles. The predicted molar refractivity (Wildman–Crippen MR) is 113 cm³/mol. The van der Waals surface area contributed by atoms with E-state index in [1.807, 2.05) is 17.7 Å². The number of nitrogens with zero attached hydrogens (tertiary/aromatic N) is 4. The number of hydrogen-bond acceptors (Lipinski definition) is 4. The first-order valence-corrected chi connectivity index (χ1v) is 10.7. The summed E-state index contributed by atoms with van der Waals surface area (Å²) < 4.78 is 48.7. The van der Waals surface area contributed by atoms with Gasteiger partial charge in [-0.1, -0.05) is 6.92 Å². The van der Waals surface area contributed by atoms with Gasteiger partial charge in [0, 0.05) is 23.8 Å². The summed E-state index contributed by atoms with van der Waals surface area (Å²) in [6.45, 7) is 5.67. The molecule has 3 aromatic rings. The van der Waals surface area contributed by atoms with Crippen LogP contribution in [-0.2, 0) is 12.7 Å². The summed E-state index contributed by atoms with van der Waals surface area (Å²) in [6, 6.07) is 6.33. The van der Waals surface area contributed by atoms with Crippen LogP contribution in [0.1, 0.15) is 37.4 Å². The third-order valence-corrected chi connectivity index (χ3v) is 6.35. The van der Waals surface area contributed by atoms with Gasteiger partial charge in [-0.3, -0.25) is 4.68 Å². The van der Waals surface area contributed by atoms with Gasteiger partial charge in [-0.25, -0.2) is 4.98 Å². The molecule has 5 rings (SSSR count). The van der Waals surface area contributed by atoms with Crippen LogP contribution in [0.15, 0.2) is 24.3 Å². The Kier molecular flexibility index (Phi) is 4.64. The molecule has 1 atom stereocenters. The van der Waals surface area contributed by atoms with E-state index in [4.69, 9.17) is 4.74 Å². The minimum Gasteiger partial charge on any atom is -0.497 e. The molecule has 2 aliphatic rings. The van der Waals surface area contributed by atoms with E-state index >= 15 is 0 Å². The normalized spacial score (nSPS) is 18.6. The molecule has 2 aromatic heterocycles. The van der Waals surface area contributed by atoms with Crippen LogP contribution in [0.25, 0.3) is 22.3 Å². The van der Waals surface area contributed by atoms with Gasteiger partial charge in [0.05, 0.1) is 24.9 Å². The van der Waals surface area contributed by atoms with E-state index < -0.39 is 11.7 Å². The molecule has 0 N–H and O–H groups in total. The number of benzene rings is 1. The SMILES string of the molecule is CC[C@H]1Cn2nc(-c3ccc(OC)cc3C(F)(F)F)c3nc(C)cc(c32)N1CC1CC1. The van der Waals surface area contributed by atoms with Crippen molar-refractivity contribution in [1.82, 2.24) is 14.8 Å². The molecule has 0 radical (unpaired) electrons. The Labute approximate surface area is 178 Å². The van der Waals surface area contributed by atoms with Crippen LogP contribution in [-0.4, -0.2) is 34.5 Å². The van der Waals surface area contributed by atoms with Gasteiger partial charge < -0.3 is 9.64 Å². The summed E-state index contributed by atoms with van der Waals surface area (Å²) in [5, 5.41) is 4.68. The Hall–Kier alpha value is -2.77. The summed E-state index contributed by atoms with van der Waals surface area (Å²) in [6.07, 6.45) is -1.10. The van der Waals surface area contributed by atoms with E-state index in [1.54, 1.807) is 6.07 Å². The zero-order valence-electron chi connectivity index (χ0n) is 17.8. The number of aryl methyl sites for hydroxylation is 1. The summed E-state index contributed by atoms with van der Waals surface area (Å²) in [5.74, 6) is 0.862. The number of alkyl halides is 3. The summed E-state index contributed by atoms with van der Waals surface area (Å²) >= 11 is 0. The molecule has 1 aliphatic heterocycles. The van der Waals surface area contributed by atoms with E-state index in [2.05, 4.69) is 21.9 Å². The number of rotatable bonds is 5. The molecule has 0 amide bonds. The average Bonchev–Trinajstić information content (AvgIpc) is 3.48. The largest absolute Gasteiger partial charge is 0.497 e. The highest BCUT2D eigenvalue weighted by Gasteiger charge is 2.38. The van der Waals surface area contributed by atoms with Crippen molar-refractivity contribution in [2.75, 3.05) is 18.6 Å². The molecule has 1 fully saturated rings. The fourth-order valence-corrected chi connectivity index (χ4v) is 4.58. The summed E-state index contributed by atoms with van der Waals surface area (Å²) in [4.78, 5) is 7.08. The minimum atomic E-state index is -4.53. The highest BCUT2D eigenvalue weighted by molar-refractivity contribution is 5.99. The number of hydrogen-bond donors (Lipinski definition) is 0. The van der Waals surface area contributed by atoms with Gasteiger partial charge in [0.25, 0.3) is 0 Å². The van der Waals surface area contributed by atoms with Crippen molar-refractivity contribution in [2.24, 2.45) is 5.92 Å². The van der Waals surface area contributed by atoms with Crippen LogP contribution in [0.5, 0.6) is 5.75 Å². The van der Waals surface area contributed by atoms with Gasteiger partial charge >= 0.3 is 6.18 Å². The second kappa shape index (κ2) is 7.14. The van der Waals surface area contributed by atoms with Crippen LogP contribution in [0.4, 0.5) is 18.9 Å². The fraction of sp³-hybridized carbons (Fsp3) is 0.478. The van der Waals surface area contributed by atoms with Crippen molar-refractivity contribution in [1.29, 1.82) is 0 Å². The van der Waals surface area contributed by atoms with Crippen molar-refractivity contribution in [3.05, 3.63) is 35.5 Å². The van der Waals surface area contributed by atoms with Gasteiger partial charge in [0.15, 0.2) is 0 Å². The molecule has 1 aromatic carbocycles. The smallest absolute Gasteiger partial charge is 0.417 e. The lowest BCUT2D eigenvalue weighted by atomic mass is 10.0. The molecule has 3 heterocycles. The Morgan fingerprint density at radius 2 is 1.97 bits per heavy atom. The van der Waals surface area contributed by atoms with Gasteiger partial charge in [0.2, 0.25) is 0 Å². The van der Waals surface area contributed by atoms with Crippen molar-refractivity contribution in [3.8, 4) is 17.0 Å². The van der Waals surface area contributed by atoms with E-state index in [1.165, 1.54) is 26.0 Å². The molecule has 0 unspecified atom stereocenters. The maximum absolute atomic E-state index is 13.9. The molecular formula is C23H25F3N4O. The second-order valence-electron chi connectivity index (χ2n) is 8.58. The monoisotopic (exact) mass is 430 g/mol. The van der Waals surface area contributed by atoms with Crippen LogP contribution in [0.3, 0.4) is 0 Å². The van der Waals surface area contributed by atoms with Gasteiger partial charge in [-0.05, 0) is 56.4 Å².